The molecule has 0 radical (unpaired) electrons. The third kappa shape index (κ3) is 1.91. The van der Waals surface area contributed by atoms with Crippen molar-refractivity contribution in [1.82, 2.24) is 0 Å². The number of carboxylic acid groups (broad SMARTS) is 3. The Bertz CT molecular complexity index is 314. The monoisotopic (exact) mass is 217 g/mol. The molecule has 0 aliphatic heterocycles. The predicted molar refractivity (Wildman–Crippen MR) is 46.0 cm³/mol. The lowest BCUT2D eigenvalue weighted by Gasteiger charge is -2.15. The van der Waals surface area contributed by atoms with Gasteiger partial charge in [-0.3, -0.25) is 14.4 Å². The first kappa shape index (κ1) is 11.4. The van der Waals surface area contributed by atoms with E-state index in [1.807, 2.05) is 0 Å². The molecule has 1 aliphatic rings. The lowest BCUT2D eigenvalue weighted by Crippen LogP contribution is -2.40. The largest absolute Gasteiger partial charge is 0.481 e. The van der Waals surface area contributed by atoms with Gasteiger partial charge in [0.1, 0.15) is 0 Å². The number of aliphatic carboxylic acids is 3. The van der Waals surface area contributed by atoms with Crippen molar-refractivity contribution in [3.8, 4) is 0 Å². The van der Waals surface area contributed by atoms with Gasteiger partial charge < -0.3 is 21.1 Å². The van der Waals surface area contributed by atoms with Gasteiger partial charge in [0.15, 0.2) is 0 Å². The van der Waals surface area contributed by atoms with E-state index in [4.69, 9.17) is 21.1 Å². The SMILES string of the molecule is NC1C(C(=O)O)CC(C(=O)O)C1C(=O)O. The zero-order chi connectivity index (χ0) is 11.7. The van der Waals surface area contributed by atoms with Gasteiger partial charge in [0, 0.05) is 6.04 Å². The van der Waals surface area contributed by atoms with Gasteiger partial charge in [-0.25, -0.2) is 0 Å². The minimum Gasteiger partial charge on any atom is -0.481 e. The molecule has 0 spiro atoms. The first-order chi connectivity index (χ1) is 6.86. The van der Waals surface area contributed by atoms with Crippen LogP contribution in [0.25, 0.3) is 0 Å². The minimum absolute atomic E-state index is 0.233. The molecule has 1 aliphatic carbocycles. The summed E-state index contributed by atoms with van der Waals surface area (Å²) in [7, 11) is 0. The lowest BCUT2D eigenvalue weighted by molar-refractivity contribution is -0.152. The topological polar surface area (TPSA) is 138 Å². The Morgan fingerprint density at radius 3 is 1.67 bits per heavy atom. The summed E-state index contributed by atoms with van der Waals surface area (Å²) in [6, 6.07) is -1.15. The number of hydrogen-bond donors (Lipinski definition) is 4. The van der Waals surface area contributed by atoms with Crippen LogP contribution in [0.3, 0.4) is 0 Å². The van der Waals surface area contributed by atoms with E-state index in [0.29, 0.717) is 0 Å². The fourth-order valence-corrected chi connectivity index (χ4v) is 1.95. The second-order valence-corrected chi connectivity index (χ2v) is 3.57. The molecule has 0 aromatic heterocycles. The molecule has 0 bridgehead atoms. The highest BCUT2D eigenvalue weighted by Crippen LogP contribution is 2.36. The van der Waals surface area contributed by atoms with Gasteiger partial charge in [0.2, 0.25) is 0 Å². The van der Waals surface area contributed by atoms with Crippen molar-refractivity contribution in [2.24, 2.45) is 23.5 Å². The summed E-state index contributed by atoms with van der Waals surface area (Å²) in [4.78, 5) is 32.2. The second kappa shape index (κ2) is 3.85. The summed E-state index contributed by atoms with van der Waals surface area (Å²) in [5.74, 6) is -7.59. The fraction of sp³-hybridized carbons (Fsp3) is 0.625. The van der Waals surface area contributed by atoms with Gasteiger partial charge in [0.25, 0.3) is 0 Å². The summed E-state index contributed by atoms with van der Waals surface area (Å²) in [5, 5.41) is 26.2. The van der Waals surface area contributed by atoms with E-state index in [-0.39, 0.29) is 6.42 Å². The van der Waals surface area contributed by atoms with Crippen LogP contribution in [0.4, 0.5) is 0 Å². The molecule has 1 rings (SSSR count). The second-order valence-electron chi connectivity index (χ2n) is 3.57. The molecule has 0 aromatic rings. The molecular formula is C8H11NO6. The highest BCUT2D eigenvalue weighted by atomic mass is 16.4. The van der Waals surface area contributed by atoms with Crippen LogP contribution in [0, 0.1) is 17.8 Å². The zero-order valence-corrected chi connectivity index (χ0v) is 7.66. The van der Waals surface area contributed by atoms with Crippen LogP contribution in [0.2, 0.25) is 0 Å². The van der Waals surface area contributed by atoms with Gasteiger partial charge >= 0.3 is 17.9 Å². The third-order valence-corrected chi connectivity index (χ3v) is 2.74. The smallest absolute Gasteiger partial charge is 0.308 e. The van der Waals surface area contributed by atoms with Crippen molar-refractivity contribution >= 4 is 17.9 Å². The maximum Gasteiger partial charge on any atom is 0.308 e. The molecule has 4 unspecified atom stereocenters. The van der Waals surface area contributed by atoms with Crippen molar-refractivity contribution in [1.29, 1.82) is 0 Å². The number of hydrogen-bond acceptors (Lipinski definition) is 4. The Morgan fingerprint density at radius 2 is 1.40 bits per heavy atom. The van der Waals surface area contributed by atoms with Gasteiger partial charge in [-0.2, -0.15) is 0 Å². The molecular weight excluding hydrogens is 206 g/mol. The van der Waals surface area contributed by atoms with Crippen LogP contribution in [-0.2, 0) is 14.4 Å². The minimum atomic E-state index is -1.36. The summed E-state index contributed by atoms with van der Waals surface area (Å²) in [6.07, 6.45) is -0.233. The summed E-state index contributed by atoms with van der Waals surface area (Å²) in [5.41, 5.74) is 5.43. The summed E-state index contributed by atoms with van der Waals surface area (Å²) >= 11 is 0. The molecule has 0 aromatic carbocycles. The fourth-order valence-electron chi connectivity index (χ4n) is 1.95. The highest BCUT2D eigenvalue weighted by Gasteiger charge is 2.51. The molecule has 1 saturated carbocycles. The van der Waals surface area contributed by atoms with Crippen LogP contribution in [0.5, 0.6) is 0 Å². The Morgan fingerprint density at radius 1 is 0.933 bits per heavy atom. The molecule has 0 heterocycles. The van der Waals surface area contributed by atoms with E-state index in [9.17, 15) is 14.4 Å². The normalized spacial score (nSPS) is 35.0. The first-order valence-corrected chi connectivity index (χ1v) is 4.30. The maximum atomic E-state index is 10.8. The van der Waals surface area contributed by atoms with Crippen molar-refractivity contribution in [2.75, 3.05) is 0 Å². The molecule has 0 amide bonds. The first-order valence-electron chi connectivity index (χ1n) is 4.30. The average molecular weight is 217 g/mol. The third-order valence-electron chi connectivity index (χ3n) is 2.74. The van der Waals surface area contributed by atoms with Crippen molar-refractivity contribution in [3.05, 3.63) is 0 Å². The summed E-state index contributed by atoms with van der Waals surface area (Å²) < 4.78 is 0. The van der Waals surface area contributed by atoms with Crippen molar-refractivity contribution in [3.63, 3.8) is 0 Å². The zero-order valence-electron chi connectivity index (χ0n) is 7.66. The highest BCUT2D eigenvalue weighted by molar-refractivity contribution is 5.84. The number of rotatable bonds is 3. The lowest BCUT2D eigenvalue weighted by atomic mass is 9.94. The van der Waals surface area contributed by atoms with Crippen LogP contribution >= 0.6 is 0 Å². The van der Waals surface area contributed by atoms with Crippen LogP contribution in [0.15, 0.2) is 0 Å². The van der Waals surface area contributed by atoms with Gasteiger partial charge in [0.05, 0.1) is 17.8 Å². The van der Waals surface area contributed by atoms with E-state index in [1.54, 1.807) is 0 Å². The molecule has 5 N–H and O–H groups in total. The van der Waals surface area contributed by atoms with E-state index in [2.05, 4.69) is 0 Å². The van der Waals surface area contributed by atoms with Crippen LogP contribution < -0.4 is 5.73 Å². The Labute approximate surface area is 84.5 Å². The molecule has 84 valence electrons. The summed E-state index contributed by atoms with van der Waals surface area (Å²) in [6.45, 7) is 0. The maximum absolute atomic E-state index is 10.8. The molecule has 7 nitrogen and oxygen atoms in total. The molecule has 1 fully saturated rings. The van der Waals surface area contributed by atoms with Crippen LogP contribution in [0.1, 0.15) is 6.42 Å². The average Bonchev–Trinajstić information content (AvgIpc) is 2.42. The number of carbonyl (C=O) groups is 3. The molecule has 15 heavy (non-hydrogen) atoms. The standard InChI is InChI=1S/C8H11NO6/c9-5-3(7(12)13)1-2(6(10)11)4(5)8(14)15/h2-5H,1,9H2,(H,10,11)(H,12,13)(H,14,15). The van der Waals surface area contributed by atoms with Crippen LogP contribution in [-0.4, -0.2) is 39.3 Å². The van der Waals surface area contributed by atoms with Crippen molar-refractivity contribution < 1.29 is 29.7 Å². The van der Waals surface area contributed by atoms with Gasteiger partial charge in [-0.1, -0.05) is 0 Å². The molecule has 0 saturated heterocycles. The van der Waals surface area contributed by atoms with Gasteiger partial charge in [-0.05, 0) is 6.42 Å². The quantitative estimate of drug-likeness (QED) is 0.466. The molecule has 4 atom stereocenters. The Hall–Kier alpha value is -1.63. The van der Waals surface area contributed by atoms with Gasteiger partial charge in [-0.15, -0.1) is 0 Å². The van der Waals surface area contributed by atoms with E-state index in [1.165, 1.54) is 0 Å². The molecule has 7 heteroatoms. The predicted octanol–water partition coefficient (Wildman–Crippen LogP) is -1.18. The Balaban J connectivity index is 2.97. The Kier molecular flexibility index (Phi) is 2.94. The van der Waals surface area contributed by atoms with E-state index < -0.39 is 41.7 Å². The van der Waals surface area contributed by atoms with E-state index >= 15 is 0 Å². The number of carboxylic acids is 3. The number of nitrogens with two attached hydrogens (primary N) is 1. The van der Waals surface area contributed by atoms with Crippen molar-refractivity contribution in [2.45, 2.75) is 12.5 Å². The van der Waals surface area contributed by atoms with E-state index in [0.717, 1.165) is 0 Å².